The number of nitrogens with zero attached hydrogens (tertiary/aromatic N) is 6. The first-order chi connectivity index (χ1) is 55.5. The maximum Gasteiger partial charge on any atom is 0.171 e. The molecule has 16 heteroatoms. The molecule has 5 rings (SSSR count). The molecule has 3 aromatic rings. The smallest absolute Gasteiger partial charge is 0.171 e. The van der Waals surface area contributed by atoms with Gasteiger partial charge in [-0.15, -0.1) is 94.1 Å². The monoisotopic (exact) mass is 1690 g/mol. The van der Waals surface area contributed by atoms with Crippen molar-refractivity contribution in [1.82, 2.24) is 39.9 Å². The maximum absolute atomic E-state index is 6.07. The van der Waals surface area contributed by atoms with E-state index in [0.717, 1.165) is 91.9 Å². The maximum atomic E-state index is 6.07. The highest BCUT2D eigenvalue weighted by Crippen LogP contribution is 2.49. The second-order valence-electron chi connectivity index (χ2n) is 32.8. The van der Waals surface area contributed by atoms with E-state index in [0.29, 0.717) is 0 Å². The predicted molar refractivity (Wildman–Crippen MR) is 519 cm³/mol. The topological polar surface area (TPSA) is 109 Å². The molecule has 0 radical (unpaired) electrons. The van der Waals surface area contributed by atoms with Gasteiger partial charge in [-0.05, 0) is 97.4 Å². The first-order valence-corrected chi connectivity index (χ1v) is 56.2. The van der Waals surface area contributed by atoms with Crippen LogP contribution in [-0.4, -0.2) is 85.9 Å². The lowest BCUT2D eigenvalue weighted by molar-refractivity contribution is 0.586. The minimum atomic E-state index is 0.809. The van der Waals surface area contributed by atoms with Crippen LogP contribution in [0.25, 0.3) is 42.2 Å². The summed E-state index contributed by atoms with van der Waals surface area (Å²) in [4.78, 5) is 54.0. The van der Waals surface area contributed by atoms with Crippen LogP contribution in [0.5, 0.6) is 0 Å². The molecule has 112 heavy (non-hydrogen) atoms. The highest BCUT2D eigenvalue weighted by atomic mass is 32.2. The molecule has 0 spiro atoms. The van der Waals surface area contributed by atoms with Crippen molar-refractivity contribution in [2.24, 2.45) is 0 Å². The Hall–Kier alpha value is -0.880. The summed E-state index contributed by atoms with van der Waals surface area (Å²) >= 11 is 16.2. The number of aromatic nitrogens is 8. The molecular weight excluding hydrogens is 1520 g/mol. The Balaban J connectivity index is 1.87. The number of hydrogen-bond acceptors (Lipinski definition) is 14. The van der Waals surface area contributed by atoms with Gasteiger partial charge in [0.2, 0.25) is 0 Å². The quantitative estimate of drug-likeness (QED) is 0.0413. The summed E-state index contributed by atoms with van der Waals surface area (Å²) in [6.45, 7) is 18.7. The van der Waals surface area contributed by atoms with Crippen LogP contribution in [0.2, 0.25) is 0 Å². The molecule has 8 bridgehead atoms. The zero-order valence-corrected chi connectivity index (χ0v) is 80.4. The predicted octanol–water partition coefficient (Wildman–Crippen LogP) is 36.0. The van der Waals surface area contributed by atoms with E-state index in [2.05, 4.69) is 65.4 Å². The van der Waals surface area contributed by atoms with Gasteiger partial charge in [-0.2, -0.15) is 0 Å². The van der Waals surface area contributed by atoms with E-state index in [-0.39, 0.29) is 0 Å². The molecule has 0 unspecified atom stereocenters. The molecule has 3 aromatic heterocycles. The third-order valence-electron chi connectivity index (χ3n) is 22.2. The molecule has 0 saturated heterocycles. The lowest BCUT2D eigenvalue weighted by atomic mass is 10.1. The van der Waals surface area contributed by atoms with Gasteiger partial charge in [0.15, 0.2) is 23.3 Å². The first kappa shape index (κ1) is 102. The van der Waals surface area contributed by atoms with Crippen LogP contribution in [0, 0.1) is 0 Å². The summed E-state index contributed by atoms with van der Waals surface area (Å²) in [5, 5.41) is 0. The second-order valence-corrected chi connectivity index (χ2v) is 41.7. The van der Waals surface area contributed by atoms with Crippen molar-refractivity contribution in [1.29, 1.82) is 0 Å². The second kappa shape index (κ2) is 71.8. The molecule has 0 amide bonds. The Morgan fingerprint density at radius 2 is 0.286 bits per heavy atom. The van der Waals surface area contributed by atoms with E-state index in [1.54, 1.807) is 0 Å². The van der Waals surface area contributed by atoms with Gasteiger partial charge >= 0.3 is 0 Å². The number of nitrogens with one attached hydrogen (secondary N) is 2. The largest absolute Gasteiger partial charge is 0.323 e. The normalized spacial score (nSPS) is 12.6. The fourth-order valence-corrected chi connectivity index (χ4v) is 24.5. The summed E-state index contributed by atoms with van der Waals surface area (Å²) in [6, 6.07) is 0. The Morgan fingerprint density at radius 1 is 0.152 bits per heavy atom. The number of fused-ring (bicyclic) bond motifs is 8. The molecule has 5 heterocycles. The number of aromatic amines is 2. The van der Waals surface area contributed by atoms with E-state index in [9.17, 15) is 0 Å². The molecule has 2 N–H and O–H groups in total. The zero-order chi connectivity index (χ0) is 79.5. The first-order valence-electron chi connectivity index (χ1n) is 48.3. The third kappa shape index (κ3) is 45.7. The van der Waals surface area contributed by atoms with Gasteiger partial charge in [0, 0.05) is 0 Å². The van der Waals surface area contributed by atoms with Crippen LogP contribution in [0.3, 0.4) is 0 Å². The van der Waals surface area contributed by atoms with Gasteiger partial charge in [0.05, 0.1) is 39.2 Å². The fourth-order valence-electron chi connectivity index (χ4n) is 15.1. The van der Waals surface area contributed by atoms with Crippen molar-refractivity contribution in [3.05, 3.63) is 23.3 Å². The molecule has 8 nitrogen and oxygen atoms in total. The Kier molecular flexibility index (Phi) is 65.2. The van der Waals surface area contributed by atoms with Crippen molar-refractivity contribution in [2.75, 3.05) is 46.0 Å². The van der Waals surface area contributed by atoms with Crippen molar-refractivity contribution in [2.45, 2.75) is 486 Å². The Morgan fingerprint density at radius 3 is 0.455 bits per heavy atom. The summed E-state index contributed by atoms with van der Waals surface area (Å²) < 4.78 is 0. The zero-order valence-electron chi connectivity index (χ0n) is 73.9. The lowest BCUT2D eigenvalue weighted by Crippen LogP contribution is -1.93. The Bertz CT molecular complexity index is 2810. The van der Waals surface area contributed by atoms with Crippen molar-refractivity contribution in [3.8, 4) is 0 Å². The van der Waals surface area contributed by atoms with Crippen LogP contribution >= 0.6 is 94.1 Å². The number of rotatable bonds is 80. The number of unbranched alkanes of at least 4 members (excludes halogenated alkanes) is 56. The minimum Gasteiger partial charge on any atom is -0.323 e. The summed E-state index contributed by atoms with van der Waals surface area (Å²) in [6.07, 6.45) is 84.0. The van der Waals surface area contributed by atoms with Crippen LogP contribution in [0.1, 0.15) is 490 Å². The highest BCUT2D eigenvalue weighted by molar-refractivity contribution is 8.14. The minimum absolute atomic E-state index is 0.809. The van der Waals surface area contributed by atoms with Gasteiger partial charge in [0.1, 0.15) is 22.6 Å². The molecule has 642 valence electrons. The number of H-pyrrole nitrogens is 2. The molecule has 0 atom stereocenters. The lowest BCUT2D eigenvalue weighted by Gasteiger charge is -2.09. The highest BCUT2D eigenvalue weighted by Gasteiger charge is 2.30. The average molecular weight is 1690 g/mol. The van der Waals surface area contributed by atoms with Crippen molar-refractivity contribution < 1.29 is 0 Å². The summed E-state index contributed by atoms with van der Waals surface area (Å²) in [5.41, 5.74) is 3.74. The standard InChI is InChI=1S/C96H170N8S8/c1-9-17-25-33-41-49-57-65-73-105-81-82(106-74-66-58-50-42-34-26-18-10-2)90-97-89(81)101-91-83(107-75-67-59-51-43-35-27-19-11-3)84(108-76-68-60-52-44-36-28-20-12-4)93(98-91)103-95-87(111-79-71-63-55-47-39-31-23-15-7)88(112-80-72-64-56-48-40-32-24-16-8)96(100-95)104-94-86(110-78-70-62-54-46-38-30-22-14-6)85(92(99-94)102-90)109-77-69-61-53-45-37-29-21-13-5/h9-80H2,1-8H3,(H2,97,98,99,100,101,102,103,104). The van der Waals surface area contributed by atoms with Gasteiger partial charge in [-0.3, -0.25) is 0 Å². The summed E-state index contributed by atoms with van der Waals surface area (Å²) in [5.74, 6) is 11.7. The van der Waals surface area contributed by atoms with E-state index in [1.165, 1.54) is 450 Å². The third-order valence-corrected chi connectivity index (χ3v) is 32.1. The molecule has 0 aromatic carbocycles. The van der Waals surface area contributed by atoms with E-state index in [4.69, 9.17) is 29.9 Å². The van der Waals surface area contributed by atoms with Crippen molar-refractivity contribution >= 4 is 136 Å². The Labute approximate surface area is 725 Å². The van der Waals surface area contributed by atoms with Gasteiger partial charge in [-0.1, -0.05) is 415 Å². The van der Waals surface area contributed by atoms with E-state index in [1.807, 2.05) is 94.1 Å². The molecule has 0 aliphatic carbocycles. The van der Waals surface area contributed by atoms with Crippen LogP contribution in [0.4, 0.5) is 0 Å². The van der Waals surface area contributed by atoms with Gasteiger partial charge < -0.3 is 9.97 Å². The molecule has 0 saturated carbocycles. The molecule has 2 aliphatic heterocycles. The van der Waals surface area contributed by atoms with Crippen LogP contribution in [0.15, 0.2) is 19.6 Å². The SMILES string of the molecule is CCCCCCCCCCSC1=C(SCCCCCCCCCC)c2nc1nc1nc(nc3[nH]c(nc4[nH]c(n2)c(SCCCCCCCCCC)c4SCCCCCCCCCC)c(SCCCCCCCCCC)c3SCCCCCCCCCC)C(SCCCCCCCCCC)=C1SCCCCCCCCCC. The van der Waals surface area contributed by atoms with Gasteiger partial charge in [-0.25, -0.2) is 29.9 Å². The molecular formula is C96H170N8S8. The molecule has 2 aliphatic rings. The van der Waals surface area contributed by atoms with Crippen LogP contribution in [-0.2, 0) is 0 Å². The summed E-state index contributed by atoms with van der Waals surface area (Å²) in [7, 11) is 0. The van der Waals surface area contributed by atoms with E-state index < -0.39 is 0 Å². The average Bonchev–Trinajstić information content (AvgIpc) is 1.61. The fraction of sp³-hybridized carbons (Fsp3) is 0.833. The van der Waals surface area contributed by atoms with Crippen LogP contribution < -0.4 is 0 Å². The van der Waals surface area contributed by atoms with E-state index >= 15 is 0 Å². The van der Waals surface area contributed by atoms with Crippen molar-refractivity contribution in [3.63, 3.8) is 0 Å². The number of thioether (sulfide) groups is 8. The number of hydrogen-bond donors (Lipinski definition) is 2. The van der Waals surface area contributed by atoms with Gasteiger partial charge in [0.25, 0.3) is 0 Å². The molecule has 0 fully saturated rings.